The number of benzene rings is 2. The van der Waals surface area contributed by atoms with Gasteiger partial charge in [0.2, 0.25) is 0 Å². The van der Waals surface area contributed by atoms with E-state index in [4.69, 9.17) is 50.1 Å². The van der Waals surface area contributed by atoms with Crippen molar-refractivity contribution in [3.63, 3.8) is 0 Å². The van der Waals surface area contributed by atoms with Crippen LogP contribution < -0.4 is 20.7 Å². The first-order chi connectivity index (χ1) is 14.5. The van der Waals surface area contributed by atoms with Crippen LogP contribution in [0.4, 0.5) is 5.82 Å². The molecule has 0 saturated heterocycles. The molecule has 154 valence electrons. The molecule has 3 N–H and O–H groups in total. The summed E-state index contributed by atoms with van der Waals surface area (Å²) in [7, 11) is 3.14. The Labute approximate surface area is 187 Å². The molecule has 0 spiro atoms. The van der Waals surface area contributed by atoms with Gasteiger partial charge in [-0.2, -0.15) is 0 Å². The molecule has 30 heavy (non-hydrogen) atoms. The minimum Gasteiger partial charge on any atom is -0.493 e. The van der Waals surface area contributed by atoms with E-state index in [1.165, 1.54) is 6.33 Å². The van der Waals surface area contributed by atoms with Crippen molar-refractivity contribution in [1.29, 1.82) is 0 Å². The Morgan fingerprint density at radius 3 is 2.40 bits per heavy atom. The second kappa shape index (κ2) is 8.20. The van der Waals surface area contributed by atoms with Crippen molar-refractivity contribution in [3.8, 4) is 28.3 Å². The van der Waals surface area contributed by atoms with E-state index in [-0.39, 0.29) is 0 Å². The number of nitrogens with two attached hydrogens (primary N) is 1. The van der Waals surface area contributed by atoms with Crippen LogP contribution in [0.5, 0.6) is 11.5 Å². The molecule has 10 heteroatoms. The van der Waals surface area contributed by atoms with Crippen molar-refractivity contribution in [2.75, 3.05) is 19.6 Å². The van der Waals surface area contributed by atoms with Gasteiger partial charge in [0.15, 0.2) is 23.0 Å². The fourth-order valence-corrected chi connectivity index (χ4v) is 4.20. The lowest BCUT2D eigenvalue weighted by Crippen LogP contribution is -2.09. The van der Waals surface area contributed by atoms with E-state index in [1.54, 1.807) is 43.1 Å². The Morgan fingerprint density at radius 2 is 1.73 bits per heavy atom. The average Bonchev–Trinajstić information content (AvgIpc) is 3.05. The number of hydrogen-bond donors (Lipinski definition) is 2. The zero-order chi connectivity index (χ0) is 21.4. The summed E-state index contributed by atoms with van der Waals surface area (Å²) in [6, 6.07) is 10.6. The standard InChI is InChI=1S/C20H16Cl3N5O2/c1-29-14-6-3-10(7-15(14)30-2)16-17-19(27-24)25-9-26-20(17)28(18(16)23)13-5-4-11(21)8-12(13)22/h3-9H,24H2,1-2H3,(H,25,26,27). The number of methoxy groups -OCH3 is 2. The van der Waals surface area contributed by atoms with Crippen molar-refractivity contribution in [3.05, 3.63) is 57.9 Å². The third kappa shape index (κ3) is 3.30. The minimum absolute atomic E-state index is 0.374. The summed E-state index contributed by atoms with van der Waals surface area (Å²) in [5.41, 5.74) is 5.18. The van der Waals surface area contributed by atoms with Gasteiger partial charge in [0.25, 0.3) is 0 Å². The SMILES string of the molecule is COc1ccc(-c2c(Cl)n(-c3ccc(Cl)cc3Cl)c3ncnc(NN)c23)cc1OC. The van der Waals surface area contributed by atoms with E-state index < -0.39 is 0 Å². The molecule has 2 aromatic carbocycles. The molecule has 0 unspecified atom stereocenters. The van der Waals surface area contributed by atoms with Crippen molar-refractivity contribution in [2.24, 2.45) is 5.84 Å². The lowest BCUT2D eigenvalue weighted by Gasteiger charge is -2.11. The Morgan fingerprint density at radius 1 is 0.967 bits per heavy atom. The van der Waals surface area contributed by atoms with Crippen LogP contribution in [0.25, 0.3) is 27.8 Å². The molecule has 0 radical (unpaired) electrons. The number of hydrazine groups is 1. The molecule has 0 saturated carbocycles. The Bertz CT molecular complexity index is 1260. The number of hydrogen-bond acceptors (Lipinski definition) is 6. The molecular formula is C20H16Cl3N5O2. The highest BCUT2D eigenvalue weighted by Crippen LogP contribution is 2.44. The van der Waals surface area contributed by atoms with E-state index in [0.29, 0.717) is 54.8 Å². The molecule has 0 aliphatic rings. The summed E-state index contributed by atoms with van der Waals surface area (Å²) >= 11 is 19.4. The van der Waals surface area contributed by atoms with Crippen LogP contribution in [0, 0.1) is 0 Å². The number of rotatable bonds is 5. The van der Waals surface area contributed by atoms with E-state index >= 15 is 0 Å². The highest BCUT2D eigenvalue weighted by Gasteiger charge is 2.24. The van der Waals surface area contributed by atoms with Gasteiger partial charge in [-0.15, -0.1) is 0 Å². The van der Waals surface area contributed by atoms with E-state index in [2.05, 4.69) is 15.4 Å². The van der Waals surface area contributed by atoms with Gasteiger partial charge < -0.3 is 14.9 Å². The topological polar surface area (TPSA) is 87.2 Å². The first-order valence-corrected chi connectivity index (χ1v) is 9.82. The van der Waals surface area contributed by atoms with E-state index in [9.17, 15) is 0 Å². The molecule has 2 aromatic heterocycles. The molecule has 0 bridgehead atoms. The third-order valence-corrected chi connectivity index (χ3v) is 5.55. The maximum Gasteiger partial charge on any atom is 0.161 e. The normalized spacial score (nSPS) is 11.0. The van der Waals surface area contributed by atoms with Crippen LogP contribution >= 0.6 is 34.8 Å². The average molecular weight is 465 g/mol. The lowest BCUT2D eigenvalue weighted by atomic mass is 10.1. The summed E-state index contributed by atoms with van der Waals surface area (Å²) in [5.74, 6) is 7.29. The van der Waals surface area contributed by atoms with Gasteiger partial charge in [-0.1, -0.05) is 40.9 Å². The van der Waals surface area contributed by atoms with Crippen LogP contribution in [-0.4, -0.2) is 28.8 Å². The number of halogens is 3. The number of aromatic nitrogens is 3. The highest BCUT2D eigenvalue weighted by atomic mass is 35.5. The van der Waals surface area contributed by atoms with E-state index in [0.717, 1.165) is 5.56 Å². The van der Waals surface area contributed by atoms with Crippen molar-refractivity contribution in [2.45, 2.75) is 0 Å². The summed E-state index contributed by atoms with van der Waals surface area (Å²) in [6.45, 7) is 0. The highest BCUT2D eigenvalue weighted by molar-refractivity contribution is 6.37. The van der Waals surface area contributed by atoms with Gasteiger partial charge >= 0.3 is 0 Å². The zero-order valence-electron chi connectivity index (χ0n) is 15.9. The van der Waals surface area contributed by atoms with Gasteiger partial charge in [-0.05, 0) is 35.9 Å². The smallest absolute Gasteiger partial charge is 0.161 e. The number of nitrogens with one attached hydrogen (secondary N) is 1. The second-order valence-corrected chi connectivity index (χ2v) is 7.43. The molecule has 0 fully saturated rings. The molecule has 0 atom stereocenters. The first-order valence-electron chi connectivity index (χ1n) is 8.69. The van der Waals surface area contributed by atoms with Crippen LogP contribution in [0.2, 0.25) is 15.2 Å². The fraction of sp³-hybridized carbons (Fsp3) is 0.100. The predicted molar refractivity (Wildman–Crippen MR) is 120 cm³/mol. The minimum atomic E-state index is 0.374. The molecule has 0 aliphatic heterocycles. The van der Waals surface area contributed by atoms with Gasteiger partial charge in [-0.25, -0.2) is 15.8 Å². The molecule has 7 nitrogen and oxygen atoms in total. The number of nitrogen functional groups attached to an aromatic ring is 1. The van der Waals surface area contributed by atoms with Crippen LogP contribution in [0.15, 0.2) is 42.7 Å². The van der Waals surface area contributed by atoms with Gasteiger partial charge in [0.05, 0.1) is 30.3 Å². The van der Waals surface area contributed by atoms with Crippen LogP contribution in [0.1, 0.15) is 0 Å². The lowest BCUT2D eigenvalue weighted by molar-refractivity contribution is 0.355. The third-order valence-electron chi connectivity index (χ3n) is 4.65. The van der Waals surface area contributed by atoms with Gasteiger partial charge in [0.1, 0.15) is 11.5 Å². The Balaban J connectivity index is 2.09. The number of anilines is 1. The number of ether oxygens (including phenoxy) is 2. The monoisotopic (exact) mass is 463 g/mol. The molecular weight excluding hydrogens is 449 g/mol. The van der Waals surface area contributed by atoms with Crippen LogP contribution in [0.3, 0.4) is 0 Å². The maximum absolute atomic E-state index is 6.89. The maximum atomic E-state index is 6.89. The summed E-state index contributed by atoms with van der Waals surface area (Å²) in [5, 5.41) is 1.93. The molecule has 0 aliphatic carbocycles. The quantitative estimate of drug-likeness (QED) is 0.306. The molecule has 2 heterocycles. The fourth-order valence-electron chi connectivity index (χ4n) is 3.33. The van der Waals surface area contributed by atoms with Crippen molar-refractivity contribution in [1.82, 2.24) is 14.5 Å². The van der Waals surface area contributed by atoms with Gasteiger partial charge in [0, 0.05) is 10.6 Å². The molecule has 0 amide bonds. The Hall–Kier alpha value is -2.71. The number of fused-ring (bicyclic) bond motifs is 1. The van der Waals surface area contributed by atoms with Crippen molar-refractivity contribution >= 4 is 51.7 Å². The first kappa shape index (κ1) is 20.6. The summed E-state index contributed by atoms with van der Waals surface area (Å²) in [6.07, 6.45) is 1.40. The second-order valence-electron chi connectivity index (χ2n) is 6.23. The largest absolute Gasteiger partial charge is 0.493 e. The summed E-state index contributed by atoms with van der Waals surface area (Å²) < 4.78 is 12.5. The molecule has 4 aromatic rings. The number of nitrogens with zero attached hydrogens (tertiary/aromatic N) is 3. The van der Waals surface area contributed by atoms with Gasteiger partial charge in [-0.3, -0.25) is 4.57 Å². The van der Waals surface area contributed by atoms with Crippen LogP contribution in [-0.2, 0) is 0 Å². The summed E-state index contributed by atoms with van der Waals surface area (Å²) in [4.78, 5) is 8.68. The predicted octanol–water partition coefficient (Wildman–Crippen LogP) is 5.35. The molecule has 4 rings (SSSR count). The Kier molecular flexibility index (Phi) is 5.62. The van der Waals surface area contributed by atoms with E-state index in [1.807, 2.05) is 12.1 Å². The van der Waals surface area contributed by atoms with Crippen molar-refractivity contribution < 1.29 is 9.47 Å². The zero-order valence-corrected chi connectivity index (χ0v) is 18.2.